The van der Waals surface area contributed by atoms with Gasteiger partial charge in [0.25, 0.3) is 5.91 Å². The minimum absolute atomic E-state index is 0.108. The summed E-state index contributed by atoms with van der Waals surface area (Å²) in [5.41, 5.74) is 2.11. The van der Waals surface area contributed by atoms with Crippen molar-refractivity contribution in [3.05, 3.63) is 63.6 Å². The summed E-state index contributed by atoms with van der Waals surface area (Å²) >= 11 is 3.17. The summed E-state index contributed by atoms with van der Waals surface area (Å²) in [6, 6.07) is 12.0. The fraction of sp³-hybridized carbons (Fsp3) is 0.125. The molecular formula is C16H14BrNO3. The summed E-state index contributed by atoms with van der Waals surface area (Å²) in [7, 11) is 0. The molecule has 5 heteroatoms. The highest BCUT2D eigenvalue weighted by atomic mass is 79.9. The van der Waals surface area contributed by atoms with Crippen molar-refractivity contribution in [2.45, 2.75) is 13.3 Å². The number of carbonyl (C=O) groups excluding carboxylic acids is 1. The highest BCUT2D eigenvalue weighted by Gasteiger charge is 2.13. The highest BCUT2D eigenvalue weighted by Crippen LogP contribution is 2.22. The second kappa shape index (κ2) is 6.54. The summed E-state index contributed by atoms with van der Waals surface area (Å²) in [4.78, 5) is 23.4. The standard InChI is InChI=1S/C16H14BrNO3/c1-2-10-5-3-4-6-12(10)15(19)18-11-7-8-14(17)13(9-11)16(20)21/h3-9H,2H2,1H3,(H,18,19)(H,20,21). The average molecular weight is 348 g/mol. The quantitative estimate of drug-likeness (QED) is 0.879. The van der Waals surface area contributed by atoms with E-state index in [9.17, 15) is 9.59 Å². The average Bonchev–Trinajstić information content (AvgIpc) is 2.48. The first-order valence-electron chi connectivity index (χ1n) is 6.45. The summed E-state index contributed by atoms with van der Waals surface area (Å²) < 4.78 is 0.474. The molecule has 0 radical (unpaired) electrons. The molecule has 2 N–H and O–H groups in total. The van der Waals surface area contributed by atoms with Crippen LogP contribution in [0.4, 0.5) is 5.69 Å². The van der Waals surface area contributed by atoms with Crippen LogP contribution in [0.3, 0.4) is 0 Å². The van der Waals surface area contributed by atoms with Crippen molar-refractivity contribution < 1.29 is 14.7 Å². The van der Waals surface area contributed by atoms with Gasteiger partial charge in [-0.1, -0.05) is 25.1 Å². The molecule has 0 spiro atoms. The number of anilines is 1. The first-order chi connectivity index (χ1) is 10.0. The Balaban J connectivity index is 2.28. The molecule has 0 aliphatic rings. The van der Waals surface area contributed by atoms with Gasteiger partial charge in [0.15, 0.2) is 0 Å². The molecule has 0 bridgehead atoms. The molecule has 1 amide bonds. The van der Waals surface area contributed by atoms with Crippen LogP contribution in [0.5, 0.6) is 0 Å². The molecule has 21 heavy (non-hydrogen) atoms. The molecule has 0 saturated carbocycles. The maximum atomic E-state index is 12.3. The van der Waals surface area contributed by atoms with Crippen LogP contribution in [-0.4, -0.2) is 17.0 Å². The van der Waals surface area contributed by atoms with E-state index < -0.39 is 5.97 Å². The SMILES string of the molecule is CCc1ccccc1C(=O)Nc1ccc(Br)c(C(=O)O)c1. The van der Waals surface area contributed by atoms with Crippen LogP contribution in [0.2, 0.25) is 0 Å². The number of carboxylic acid groups (broad SMARTS) is 1. The van der Waals surface area contributed by atoms with E-state index in [-0.39, 0.29) is 11.5 Å². The van der Waals surface area contributed by atoms with E-state index in [2.05, 4.69) is 21.2 Å². The van der Waals surface area contributed by atoms with Crippen molar-refractivity contribution in [2.75, 3.05) is 5.32 Å². The first kappa shape index (κ1) is 15.3. The van der Waals surface area contributed by atoms with E-state index in [0.29, 0.717) is 15.7 Å². The second-order valence-electron chi connectivity index (χ2n) is 4.46. The zero-order valence-corrected chi connectivity index (χ0v) is 13.0. The molecule has 2 rings (SSSR count). The van der Waals surface area contributed by atoms with Gasteiger partial charge in [-0.25, -0.2) is 4.79 Å². The van der Waals surface area contributed by atoms with Gasteiger partial charge in [0, 0.05) is 15.7 Å². The molecule has 0 saturated heterocycles. The van der Waals surface area contributed by atoms with Crippen molar-refractivity contribution in [2.24, 2.45) is 0 Å². The largest absolute Gasteiger partial charge is 0.478 e. The van der Waals surface area contributed by atoms with Crippen LogP contribution >= 0.6 is 15.9 Å². The zero-order valence-electron chi connectivity index (χ0n) is 11.4. The third kappa shape index (κ3) is 3.49. The molecule has 0 aliphatic carbocycles. The van der Waals surface area contributed by atoms with Gasteiger partial charge in [0.05, 0.1) is 5.56 Å². The fourth-order valence-corrected chi connectivity index (χ4v) is 2.43. The second-order valence-corrected chi connectivity index (χ2v) is 5.32. The van der Waals surface area contributed by atoms with E-state index in [4.69, 9.17) is 5.11 Å². The lowest BCUT2D eigenvalue weighted by Crippen LogP contribution is -2.14. The Bertz CT molecular complexity index is 698. The Morgan fingerprint density at radius 2 is 1.86 bits per heavy atom. The minimum Gasteiger partial charge on any atom is -0.478 e. The fourth-order valence-electron chi connectivity index (χ4n) is 2.02. The molecule has 0 atom stereocenters. The van der Waals surface area contributed by atoms with Gasteiger partial charge in [-0.3, -0.25) is 4.79 Å². The van der Waals surface area contributed by atoms with Gasteiger partial charge in [0.2, 0.25) is 0 Å². The Kier molecular flexibility index (Phi) is 4.75. The minimum atomic E-state index is -1.05. The summed E-state index contributed by atoms with van der Waals surface area (Å²) in [6.07, 6.45) is 0.754. The molecular weight excluding hydrogens is 334 g/mol. The number of nitrogens with one attached hydrogen (secondary N) is 1. The zero-order chi connectivity index (χ0) is 15.4. The molecule has 0 unspecified atom stereocenters. The molecule has 0 aromatic heterocycles. The van der Waals surface area contributed by atoms with Crippen LogP contribution in [0.25, 0.3) is 0 Å². The third-order valence-corrected chi connectivity index (χ3v) is 3.79. The molecule has 0 aliphatic heterocycles. The number of halogens is 1. The Morgan fingerprint density at radius 1 is 1.14 bits per heavy atom. The Hall–Kier alpha value is -2.14. The van der Waals surface area contributed by atoms with Crippen LogP contribution in [-0.2, 0) is 6.42 Å². The molecule has 108 valence electrons. The van der Waals surface area contributed by atoms with Crippen molar-refractivity contribution >= 4 is 33.5 Å². The van der Waals surface area contributed by atoms with Crippen molar-refractivity contribution in [1.29, 1.82) is 0 Å². The maximum Gasteiger partial charge on any atom is 0.336 e. The van der Waals surface area contributed by atoms with Crippen molar-refractivity contribution in [3.63, 3.8) is 0 Å². The Morgan fingerprint density at radius 3 is 2.52 bits per heavy atom. The van der Waals surface area contributed by atoms with E-state index >= 15 is 0 Å². The number of aromatic carboxylic acids is 1. The van der Waals surface area contributed by atoms with Gasteiger partial charge in [-0.05, 0) is 52.2 Å². The molecule has 0 heterocycles. The van der Waals surface area contributed by atoms with E-state index in [1.54, 1.807) is 24.3 Å². The topological polar surface area (TPSA) is 66.4 Å². The number of carbonyl (C=O) groups is 2. The predicted octanol–water partition coefficient (Wildman–Crippen LogP) is 3.96. The first-order valence-corrected chi connectivity index (χ1v) is 7.24. The number of benzene rings is 2. The van der Waals surface area contributed by atoms with Crippen LogP contribution in [0.1, 0.15) is 33.2 Å². The summed E-state index contributed by atoms with van der Waals surface area (Å²) in [5.74, 6) is -1.29. The number of rotatable bonds is 4. The molecule has 2 aromatic carbocycles. The maximum absolute atomic E-state index is 12.3. The third-order valence-electron chi connectivity index (χ3n) is 3.10. The number of amides is 1. The van der Waals surface area contributed by atoms with E-state index in [1.807, 2.05) is 19.1 Å². The van der Waals surface area contributed by atoms with E-state index in [0.717, 1.165) is 12.0 Å². The number of aryl methyl sites for hydroxylation is 1. The smallest absolute Gasteiger partial charge is 0.336 e. The normalized spacial score (nSPS) is 10.2. The van der Waals surface area contributed by atoms with Crippen molar-refractivity contribution in [3.8, 4) is 0 Å². The van der Waals surface area contributed by atoms with Crippen molar-refractivity contribution in [1.82, 2.24) is 0 Å². The summed E-state index contributed by atoms with van der Waals surface area (Å²) in [6.45, 7) is 1.98. The Labute approximate surface area is 130 Å². The lowest BCUT2D eigenvalue weighted by molar-refractivity contribution is 0.0695. The van der Waals surface area contributed by atoms with E-state index in [1.165, 1.54) is 6.07 Å². The van der Waals surface area contributed by atoms with Gasteiger partial charge < -0.3 is 10.4 Å². The lowest BCUT2D eigenvalue weighted by Gasteiger charge is -2.10. The van der Waals surface area contributed by atoms with Gasteiger partial charge in [-0.15, -0.1) is 0 Å². The predicted molar refractivity (Wildman–Crippen MR) is 84.9 cm³/mol. The molecule has 2 aromatic rings. The van der Waals surface area contributed by atoms with Crippen LogP contribution in [0, 0.1) is 0 Å². The number of hydrogen-bond donors (Lipinski definition) is 2. The lowest BCUT2D eigenvalue weighted by atomic mass is 10.0. The van der Waals surface area contributed by atoms with Crippen LogP contribution in [0.15, 0.2) is 46.9 Å². The monoisotopic (exact) mass is 347 g/mol. The number of carboxylic acids is 1. The summed E-state index contributed by atoms with van der Waals surface area (Å²) in [5, 5.41) is 11.8. The molecule has 0 fully saturated rings. The van der Waals surface area contributed by atoms with Gasteiger partial charge in [-0.2, -0.15) is 0 Å². The number of hydrogen-bond acceptors (Lipinski definition) is 2. The van der Waals surface area contributed by atoms with Gasteiger partial charge in [0.1, 0.15) is 0 Å². The van der Waals surface area contributed by atoms with Crippen LogP contribution < -0.4 is 5.32 Å². The molecule has 4 nitrogen and oxygen atoms in total. The highest BCUT2D eigenvalue weighted by molar-refractivity contribution is 9.10. The van der Waals surface area contributed by atoms with Gasteiger partial charge >= 0.3 is 5.97 Å².